The third-order valence-corrected chi connectivity index (χ3v) is 9.17. The molecule has 1 fully saturated rings. The summed E-state index contributed by atoms with van der Waals surface area (Å²) in [7, 11) is 3.23. The van der Waals surface area contributed by atoms with E-state index in [1.165, 1.54) is 11.8 Å². The first kappa shape index (κ1) is 31.9. The number of ether oxygens (including phenoxy) is 2. The topological polar surface area (TPSA) is 140 Å². The Morgan fingerprint density at radius 2 is 1.66 bits per heavy atom. The van der Waals surface area contributed by atoms with Crippen LogP contribution in [0.4, 0.5) is 20.8 Å². The minimum atomic E-state index is -1.03. The van der Waals surface area contributed by atoms with Crippen LogP contribution < -0.4 is 25.0 Å². The standard InChI is InChI=1S/C33H35FN8O4S/c1-33(39-32(43)44)13-16-41(17-14-33)26-19-36-28-30(38-26)42(20-22-6-10-24(46-3)11-7-22)40-31(28)47-25-12-15-35-29(27(25)34)37-18-21-4-8-23(45-2)9-5-21/h4-12,15,19,39H,13-14,16-18,20H2,1-3H3,(H,35,37)(H,43,44). The van der Waals surface area contributed by atoms with Crippen molar-refractivity contribution in [3.05, 3.63) is 83.9 Å². The number of halogens is 1. The maximum absolute atomic E-state index is 15.8. The lowest BCUT2D eigenvalue weighted by Gasteiger charge is -2.39. The summed E-state index contributed by atoms with van der Waals surface area (Å²) in [5, 5.41) is 20.3. The molecule has 0 saturated carbocycles. The van der Waals surface area contributed by atoms with Crippen LogP contribution in [0.15, 0.2) is 76.9 Å². The average Bonchev–Trinajstić information content (AvgIpc) is 3.41. The summed E-state index contributed by atoms with van der Waals surface area (Å²) in [5.74, 6) is 1.81. The number of aromatic nitrogens is 5. The number of pyridine rings is 1. The van der Waals surface area contributed by atoms with Gasteiger partial charge in [0.05, 0.1) is 31.9 Å². The van der Waals surface area contributed by atoms with Crippen molar-refractivity contribution in [2.45, 2.75) is 48.3 Å². The molecule has 4 heterocycles. The molecule has 6 rings (SSSR count). The summed E-state index contributed by atoms with van der Waals surface area (Å²) in [6.07, 6.45) is 3.48. The summed E-state index contributed by atoms with van der Waals surface area (Å²) in [5.41, 5.74) is 2.54. The third-order valence-electron chi connectivity index (χ3n) is 8.17. The predicted octanol–water partition coefficient (Wildman–Crippen LogP) is 5.82. The molecular formula is C33H35FN8O4S. The first-order valence-corrected chi connectivity index (χ1v) is 15.9. The smallest absolute Gasteiger partial charge is 0.405 e. The van der Waals surface area contributed by atoms with Gasteiger partial charge in [-0.3, -0.25) is 0 Å². The SMILES string of the molecule is COc1ccc(CNc2nccc(Sc3nn(Cc4ccc(OC)cc4)c4nc(N5CCC(C)(NC(=O)O)CC5)cnc34)c2F)cc1. The number of methoxy groups -OCH3 is 2. The largest absolute Gasteiger partial charge is 0.497 e. The van der Waals surface area contributed by atoms with Gasteiger partial charge in [-0.05, 0) is 61.2 Å². The van der Waals surface area contributed by atoms with E-state index >= 15 is 4.39 Å². The van der Waals surface area contributed by atoms with Crippen LogP contribution in [0.2, 0.25) is 0 Å². The van der Waals surface area contributed by atoms with E-state index in [1.54, 1.807) is 37.4 Å². The number of carbonyl (C=O) groups is 1. The molecule has 244 valence electrons. The second kappa shape index (κ2) is 13.7. The molecule has 3 N–H and O–H groups in total. The van der Waals surface area contributed by atoms with E-state index in [0.717, 1.165) is 22.6 Å². The van der Waals surface area contributed by atoms with Crippen LogP contribution in [-0.2, 0) is 13.1 Å². The maximum Gasteiger partial charge on any atom is 0.405 e. The molecule has 3 aromatic heterocycles. The van der Waals surface area contributed by atoms with E-state index in [9.17, 15) is 9.90 Å². The van der Waals surface area contributed by atoms with Crippen molar-refractivity contribution in [1.29, 1.82) is 0 Å². The van der Waals surface area contributed by atoms with E-state index < -0.39 is 17.4 Å². The van der Waals surface area contributed by atoms with Crippen molar-refractivity contribution in [2.24, 2.45) is 0 Å². The number of carboxylic acid groups (broad SMARTS) is 1. The molecule has 1 aliphatic rings. The van der Waals surface area contributed by atoms with Crippen LogP contribution in [0.25, 0.3) is 11.2 Å². The van der Waals surface area contributed by atoms with Crippen LogP contribution in [0.1, 0.15) is 30.9 Å². The maximum atomic E-state index is 15.8. The Kier molecular flexibility index (Phi) is 9.29. The van der Waals surface area contributed by atoms with Crippen molar-refractivity contribution < 1.29 is 23.8 Å². The van der Waals surface area contributed by atoms with Gasteiger partial charge in [0.25, 0.3) is 0 Å². The van der Waals surface area contributed by atoms with Crippen molar-refractivity contribution >= 4 is 40.7 Å². The van der Waals surface area contributed by atoms with Crippen LogP contribution >= 0.6 is 11.8 Å². The zero-order valence-electron chi connectivity index (χ0n) is 26.2. The molecule has 12 nitrogen and oxygen atoms in total. The minimum absolute atomic E-state index is 0.135. The van der Waals surface area contributed by atoms with Crippen LogP contribution in [0.3, 0.4) is 0 Å². The Hall–Kier alpha value is -5.11. The third kappa shape index (κ3) is 7.32. The average molecular weight is 659 g/mol. The second-order valence-corrected chi connectivity index (χ2v) is 12.5. The molecular weight excluding hydrogens is 623 g/mol. The quantitative estimate of drug-likeness (QED) is 0.158. The number of nitrogens with one attached hydrogen (secondary N) is 2. The van der Waals surface area contributed by atoms with E-state index in [2.05, 4.69) is 20.5 Å². The van der Waals surface area contributed by atoms with E-state index in [4.69, 9.17) is 24.5 Å². The van der Waals surface area contributed by atoms with Crippen LogP contribution in [0.5, 0.6) is 11.5 Å². The lowest BCUT2D eigenvalue weighted by molar-refractivity contribution is 0.173. The van der Waals surface area contributed by atoms with Gasteiger partial charge in [0, 0.05) is 31.4 Å². The highest BCUT2D eigenvalue weighted by Gasteiger charge is 2.32. The van der Waals surface area contributed by atoms with Crippen molar-refractivity contribution in [2.75, 3.05) is 37.5 Å². The second-order valence-electron chi connectivity index (χ2n) is 11.5. The fourth-order valence-corrected chi connectivity index (χ4v) is 6.32. The highest BCUT2D eigenvalue weighted by Crippen LogP contribution is 2.36. The molecule has 1 amide bonds. The summed E-state index contributed by atoms with van der Waals surface area (Å²) in [4.78, 5) is 27.7. The number of fused-ring (bicyclic) bond motifs is 1. The Balaban J connectivity index is 1.27. The van der Waals surface area contributed by atoms with Gasteiger partial charge >= 0.3 is 6.09 Å². The van der Waals surface area contributed by atoms with Crippen molar-refractivity contribution in [1.82, 2.24) is 30.0 Å². The number of nitrogens with zero attached hydrogens (tertiary/aromatic N) is 6. The van der Waals surface area contributed by atoms with Crippen molar-refractivity contribution in [3.63, 3.8) is 0 Å². The number of benzene rings is 2. The lowest BCUT2D eigenvalue weighted by Crippen LogP contribution is -2.53. The predicted molar refractivity (Wildman–Crippen MR) is 177 cm³/mol. The lowest BCUT2D eigenvalue weighted by atomic mass is 9.90. The summed E-state index contributed by atoms with van der Waals surface area (Å²) >= 11 is 1.17. The van der Waals surface area contributed by atoms with Gasteiger partial charge in [-0.1, -0.05) is 36.0 Å². The van der Waals surface area contributed by atoms with Gasteiger partial charge in [0.15, 0.2) is 22.3 Å². The van der Waals surface area contributed by atoms with E-state index in [0.29, 0.717) is 65.9 Å². The van der Waals surface area contributed by atoms with Gasteiger partial charge in [0.1, 0.15) is 22.8 Å². The Morgan fingerprint density at radius 3 is 2.30 bits per heavy atom. The summed E-state index contributed by atoms with van der Waals surface area (Å²) in [6.45, 7) is 3.93. The molecule has 0 aliphatic carbocycles. The highest BCUT2D eigenvalue weighted by atomic mass is 32.2. The van der Waals surface area contributed by atoms with Gasteiger partial charge in [-0.25, -0.2) is 28.8 Å². The fourth-order valence-electron chi connectivity index (χ4n) is 5.41. The monoisotopic (exact) mass is 658 g/mol. The fraction of sp³-hybridized carbons (Fsp3) is 0.303. The Labute approximate surface area is 275 Å². The summed E-state index contributed by atoms with van der Waals surface area (Å²) in [6, 6.07) is 16.8. The van der Waals surface area contributed by atoms with Gasteiger partial charge < -0.3 is 30.1 Å². The number of anilines is 2. The number of hydrogen-bond donors (Lipinski definition) is 3. The highest BCUT2D eigenvalue weighted by molar-refractivity contribution is 7.99. The summed E-state index contributed by atoms with van der Waals surface area (Å²) < 4.78 is 28.1. The molecule has 14 heteroatoms. The van der Waals surface area contributed by atoms with Crippen molar-refractivity contribution in [3.8, 4) is 11.5 Å². The first-order valence-electron chi connectivity index (χ1n) is 15.1. The number of rotatable bonds is 11. The van der Waals surface area contributed by atoms with E-state index in [1.807, 2.05) is 55.5 Å². The molecule has 0 radical (unpaired) electrons. The van der Waals surface area contributed by atoms with Gasteiger partial charge in [-0.2, -0.15) is 5.10 Å². The molecule has 2 aromatic carbocycles. The molecule has 0 bridgehead atoms. The zero-order valence-corrected chi connectivity index (χ0v) is 27.1. The molecule has 0 spiro atoms. The van der Waals surface area contributed by atoms with E-state index in [-0.39, 0.29) is 5.82 Å². The molecule has 1 saturated heterocycles. The molecule has 47 heavy (non-hydrogen) atoms. The normalized spacial score (nSPS) is 14.2. The zero-order chi connectivity index (χ0) is 33.0. The number of piperidine rings is 1. The molecule has 1 aliphatic heterocycles. The van der Waals surface area contributed by atoms with Gasteiger partial charge in [-0.15, -0.1) is 0 Å². The Morgan fingerprint density at radius 1 is 1.00 bits per heavy atom. The number of amides is 1. The molecule has 0 unspecified atom stereocenters. The van der Waals surface area contributed by atoms with Gasteiger partial charge in [0.2, 0.25) is 0 Å². The first-order chi connectivity index (χ1) is 22.7. The minimum Gasteiger partial charge on any atom is -0.497 e. The number of hydrogen-bond acceptors (Lipinski definition) is 10. The Bertz CT molecular complexity index is 1860. The molecule has 5 aromatic rings. The van der Waals surface area contributed by atoms with Crippen LogP contribution in [-0.4, -0.2) is 68.8 Å². The molecule has 0 atom stereocenters. The van der Waals surface area contributed by atoms with Crippen LogP contribution in [0, 0.1) is 5.82 Å².